The van der Waals surface area contributed by atoms with Crippen molar-refractivity contribution < 1.29 is 23.4 Å². The summed E-state index contributed by atoms with van der Waals surface area (Å²) in [7, 11) is 3.10. The predicted octanol–water partition coefficient (Wildman–Crippen LogP) is 5.66. The highest BCUT2D eigenvalue weighted by molar-refractivity contribution is 6.36. The van der Waals surface area contributed by atoms with Crippen LogP contribution in [-0.2, 0) is 11.2 Å². The molecule has 9 heteroatoms. The van der Waals surface area contributed by atoms with Gasteiger partial charge in [0, 0.05) is 48.6 Å². The van der Waals surface area contributed by atoms with E-state index in [1.54, 1.807) is 13.2 Å². The zero-order chi connectivity index (χ0) is 23.4. The summed E-state index contributed by atoms with van der Waals surface area (Å²) in [5.74, 6) is 1.19. The van der Waals surface area contributed by atoms with Crippen LogP contribution < -0.4 is 9.47 Å². The number of ketones is 1. The maximum absolute atomic E-state index is 13.2. The van der Waals surface area contributed by atoms with E-state index in [1.165, 1.54) is 25.7 Å². The number of fused-ring (bicyclic) bond motifs is 1. The minimum atomic E-state index is -0.220. The molecule has 4 rings (SSSR count). The summed E-state index contributed by atoms with van der Waals surface area (Å²) in [5, 5.41) is 1.21. The second-order valence-electron chi connectivity index (χ2n) is 7.05. The molecule has 3 aromatic heterocycles. The first-order chi connectivity index (χ1) is 16.0. The number of carbonyl (C=O) groups excluding carboxylic acids is 1. The Morgan fingerprint density at radius 1 is 1.06 bits per heavy atom. The summed E-state index contributed by atoms with van der Waals surface area (Å²) >= 11 is 12.4. The molecule has 0 spiro atoms. The molecule has 170 valence electrons. The van der Waals surface area contributed by atoms with Gasteiger partial charge >= 0.3 is 0 Å². The molecule has 0 aliphatic rings. The van der Waals surface area contributed by atoms with Crippen molar-refractivity contribution >= 4 is 40.0 Å². The fraction of sp³-hybridized carbons (Fsp3) is 0.208. The minimum Gasteiger partial charge on any atom is -0.490 e. The molecule has 0 atom stereocenters. The van der Waals surface area contributed by atoms with E-state index in [1.807, 2.05) is 24.3 Å². The van der Waals surface area contributed by atoms with Crippen molar-refractivity contribution in [2.75, 3.05) is 27.4 Å². The van der Waals surface area contributed by atoms with Crippen LogP contribution in [-0.4, -0.2) is 43.2 Å². The molecule has 4 aromatic rings. The molecular formula is C24H20Cl2N2O5. The number of rotatable bonds is 9. The molecule has 0 fully saturated rings. The number of hydrogen-bond donors (Lipinski definition) is 0. The summed E-state index contributed by atoms with van der Waals surface area (Å²) < 4.78 is 22.4. The third kappa shape index (κ3) is 4.80. The molecule has 0 radical (unpaired) electrons. The SMILES string of the molecule is COCCOc1ccccc1-c1cc2c(C(=O)Cc3c(Cl)cncc3Cl)cnc(OC)c2o1. The number of halogens is 2. The summed E-state index contributed by atoms with van der Waals surface area (Å²) in [6.45, 7) is 0.834. The van der Waals surface area contributed by atoms with Crippen LogP contribution >= 0.6 is 23.2 Å². The van der Waals surface area contributed by atoms with Gasteiger partial charge in [0.15, 0.2) is 11.4 Å². The minimum absolute atomic E-state index is 0.0134. The number of pyridine rings is 2. The third-order valence-corrected chi connectivity index (χ3v) is 5.66. The number of hydrogen-bond acceptors (Lipinski definition) is 7. The van der Waals surface area contributed by atoms with Gasteiger partial charge in [0.05, 0.1) is 29.3 Å². The number of Topliss-reactive ketones (excluding diaryl/α,β-unsaturated/α-hetero) is 1. The first-order valence-corrected chi connectivity index (χ1v) is 10.8. The van der Waals surface area contributed by atoms with Gasteiger partial charge in [0.2, 0.25) is 0 Å². The standard InChI is InChI=1S/C24H20Cl2N2O5/c1-30-7-8-32-21-6-4-3-5-14(21)22-10-15-17(11-28-24(31-2)23(15)33-22)20(29)9-16-18(25)12-27-13-19(16)26/h3-6,10-13H,7-9H2,1-2H3. The lowest BCUT2D eigenvalue weighted by atomic mass is 10.0. The molecule has 1 aromatic carbocycles. The van der Waals surface area contributed by atoms with Crippen molar-refractivity contribution in [3.05, 3.63) is 70.1 Å². The van der Waals surface area contributed by atoms with Gasteiger partial charge in [-0.3, -0.25) is 9.78 Å². The Hall–Kier alpha value is -3.13. The molecule has 0 saturated heterocycles. The number of methoxy groups -OCH3 is 2. The van der Waals surface area contributed by atoms with Crippen molar-refractivity contribution in [2.45, 2.75) is 6.42 Å². The fourth-order valence-electron chi connectivity index (χ4n) is 3.40. The van der Waals surface area contributed by atoms with Crippen molar-refractivity contribution in [3.63, 3.8) is 0 Å². The number of nitrogens with zero attached hydrogens (tertiary/aromatic N) is 2. The van der Waals surface area contributed by atoms with Crippen molar-refractivity contribution in [3.8, 4) is 23.0 Å². The molecule has 0 aliphatic carbocycles. The summed E-state index contributed by atoms with van der Waals surface area (Å²) in [6, 6.07) is 9.24. The number of ether oxygens (including phenoxy) is 3. The molecular weight excluding hydrogens is 467 g/mol. The average Bonchev–Trinajstić information content (AvgIpc) is 3.26. The fourth-order valence-corrected chi connectivity index (χ4v) is 3.89. The van der Waals surface area contributed by atoms with Gasteiger partial charge in [0.1, 0.15) is 18.1 Å². The van der Waals surface area contributed by atoms with Gasteiger partial charge in [-0.2, -0.15) is 0 Å². The second-order valence-corrected chi connectivity index (χ2v) is 7.87. The number of benzene rings is 1. The van der Waals surface area contributed by atoms with Crippen LogP contribution in [0.5, 0.6) is 11.6 Å². The van der Waals surface area contributed by atoms with E-state index in [2.05, 4.69) is 9.97 Å². The van der Waals surface area contributed by atoms with Crippen molar-refractivity contribution in [2.24, 2.45) is 0 Å². The zero-order valence-corrected chi connectivity index (χ0v) is 19.4. The highest BCUT2D eigenvalue weighted by atomic mass is 35.5. The Labute approximate surface area is 200 Å². The molecule has 0 unspecified atom stereocenters. The topological polar surface area (TPSA) is 83.7 Å². The summed E-state index contributed by atoms with van der Waals surface area (Å²) in [4.78, 5) is 21.4. The molecule has 0 bridgehead atoms. The average molecular weight is 487 g/mol. The van der Waals surface area contributed by atoms with Crippen molar-refractivity contribution in [1.29, 1.82) is 0 Å². The smallest absolute Gasteiger partial charge is 0.258 e. The van der Waals surface area contributed by atoms with Gasteiger partial charge in [-0.1, -0.05) is 35.3 Å². The van der Waals surface area contributed by atoms with E-state index >= 15 is 0 Å². The normalized spacial score (nSPS) is 11.0. The van der Waals surface area contributed by atoms with Gasteiger partial charge < -0.3 is 18.6 Å². The summed E-state index contributed by atoms with van der Waals surface area (Å²) in [5.41, 5.74) is 1.95. The largest absolute Gasteiger partial charge is 0.490 e. The zero-order valence-electron chi connectivity index (χ0n) is 17.9. The number of para-hydroxylation sites is 1. The maximum Gasteiger partial charge on any atom is 0.258 e. The van der Waals surface area contributed by atoms with Crippen LogP contribution in [0.3, 0.4) is 0 Å². The first kappa shape index (κ1) is 23.0. The van der Waals surface area contributed by atoms with Gasteiger partial charge in [-0.25, -0.2) is 4.98 Å². The number of carbonyl (C=O) groups is 1. The van der Waals surface area contributed by atoms with Crippen LogP contribution in [0.1, 0.15) is 15.9 Å². The second kappa shape index (κ2) is 10.2. The molecule has 7 nitrogen and oxygen atoms in total. The lowest BCUT2D eigenvalue weighted by molar-refractivity contribution is 0.0994. The Kier molecular flexibility index (Phi) is 7.13. The van der Waals surface area contributed by atoms with Gasteiger partial charge in [-0.05, 0) is 18.2 Å². The van der Waals surface area contributed by atoms with Crippen LogP contribution in [0.2, 0.25) is 10.0 Å². The van der Waals surface area contributed by atoms with E-state index in [4.69, 9.17) is 41.8 Å². The molecule has 0 N–H and O–H groups in total. The lowest BCUT2D eigenvalue weighted by Crippen LogP contribution is -2.06. The Morgan fingerprint density at radius 3 is 2.55 bits per heavy atom. The molecule has 3 heterocycles. The molecule has 0 saturated carbocycles. The van der Waals surface area contributed by atoms with E-state index in [0.29, 0.717) is 56.9 Å². The molecule has 33 heavy (non-hydrogen) atoms. The van der Waals surface area contributed by atoms with E-state index < -0.39 is 0 Å². The Morgan fingerprint density at radius 2 is 1.82 bits per heavy atom. The Balaban J connectivity index is 1.76. The highest BCUT2D eigenvalue weighted by Gasteiger charge is 2.22. The first-order valence-electron chi connectivity index (χ1n) is 10.0. The maximum atomic E-state index is 13.2. The van der Waals surface area contributed by atoms with Crippen LogP contribution in [0.15, 0.2) is 53.3 Å². The molecule has 0 amide bonds. The van der Waals surface area contributed by atoms with Crippen LogP contribution in [0, 0.1) is 0 Å². The number of furan rings is 1. The monoisotopic (exact) mass is 486 g/mol. The van der Waals surface area contributed by atoms with Crippen LogP contribution in [0.25, 0.3) is 22.3 Å². The van der Waals surface area contributed by atoms with E-state index in [9.17, 15) is 4.79 Å². The van der Waals surface area contributed by atoms with Gasteiger partial charge in [-0.15, -0.1) is 0 Å². The quantitative estimate of drug-likeness (QED) is 0.223. The van der Waals surface area contributed by atoms with Gasteiger partial charge in [0.25, 0.3) is 5.88 Å². The lowest BCUT2D eigenvalue weighted by Gasteiger charge is -2.09. The molecule has 0 aliphatic heterocycles. The highest BCUT2D eigenvalue weighted by Crippen LogP contribution is 2.38. The van der Waals surface area contributed by atoms with E-state index in [0.717, 1.165) is 5.56 Å². The van der Waals surface area contributed by atoms with Crippen LogP contribution in [0.4, 0.5) is 0 Å². The van der Waals surface area contributed by atoms with E-state index in [-0.39, 0.29) is 18.1 Å². The predicted molar refractivity (Wildman–Crippen MR) is 126 cm³/mol. The third-order valence-electron chi connectivity index (χ3n) is 5.01. The Bertz CT molecular complexity index is 1290. The van der Waals surface area contributed by atoms with Crippen molar-refractivity contribution in [1.82, 2.24) is 9.97 Å². The number of aromatic nitrogens is 2. The summed E-state index contributed by atoms with van der Waals surface area (Å²) in [6.07, 6.45) is 4.36.